The van der Waals surface area contributed by atoms with Gasteiger partial charge in [0.05, 0.1) is 10.8 Å². The largest absolute Gasteiger partial charge is 0.487 e. The number of guanidine groups is 1. The van der Waals surface area contributed by atoms with Gasteiger partial charge in [-0.15, -0.1) is 0 Å². The van der Waals surface area contributed by atoms with E-state index in [1.165, 1.54) is 6.92 Å². The second kappa shape index (κ2) is 9.48. The second-order valence-electron chi connectivity index (χ2n) is 9.01. The van der Waals surface area contributed by atoms with Gasteiger partial charge in [-0.1, -0.05) is 0 Å². The number of carbonyl (C=O) groups is 2. The third kappa shape index (κ3) is 5.79. The third-order valence-electron chi connectivity index (χ3n) is 5.68. The highest BCUT2D eigenvalue weighted by atomic mass is 32.2. The van der Waals surface area contributed by atoms with Crippen LogP contribution < -0.4 is 15.2 Å². The molecule has 0 spiro atoms. The first-order valence-corrected chi connectivity index (χ1v) is 12.0. The lowest BCUT2D eigenvalue weighted by atomic mass is 9.94. The highest BCUT2D eigenvalue weighted by Crippen LogP contribution is 2.43. The number of ether oxygens (including phenoxy) is 1. The molecule has 0 amide bonds. The molecule has 1 heterocycles. The number of hydrogen-bond acceptors (Lipinski definition) is 6. The van der Waals surface area contributed by atoms with Gasteiger partial charge in [0, 0.05) is 24.9 Å². The maximum atomic E-state index is 13.1. The van der Waals surface area contributed by atoms with E-state index in [0.29, 0.717) is 24.0 Å². The molecule has 0 bridgehead atoms. The average Bonchev–Trinajstić information content (AvgIpc) is 2.97. The van der Waals surface area contributed by atoms with Crippen LogP contribution in [0.25, 0.3) is 0 Å². The lowest BCUT2D eigenvalue weighted by Gasteiger charge is -2.19. The zero-order valence-electron chi connectivity index (χ0n) is 19.5. The number of nitrogens with two attached hydrogens (primary N) is 1. The number of carboxylic acids is 1. The Labute approximate surface area is 189 Å². The molecule has 0 saturated carbocycles. The molecule has 1 aromatic carbocycles. The monoisotopic (exact) mass is 467 g/mol. The summed E-state index contributed by atoms with van der Waals surface area (Å²) < 4.78 is 34.6. The molecule has 1 aliphatic rings. The van der Waals surface area contributed by atoms with Crippen LogP contribution >= 0.6 is 0 Å². The summed E-state index contributed by atoms with van der Waals surface area (Å²) >= 11 is 0. The molecular weight excluding hydrogens is 434 g/mol. The maximum absolute atomic E-state index is 13.1. The summed E-state index contributed by atoms with van der Waals surface area (Å²) in [4.78, 5) is 26.6. The molecule has 0 unspecified atom stereocenters. The Morgan fingerprint density at radius 2 is 1.84 bits per heavy atom. The number of hydrogen-bond donors (Lipinski definition) is 3. The van der Waals surface area contributed by atoms with E-state index in [2.05, 4.69) is 9.71 Å². The lowest BCUT2D eigenvalue weighted by Crippen LogP contribution is -2.37. The quantitative estimate of drug-likeness (QED) is 0.287. The molecule has 9 nitrogen and oxygen atoms in total. The number of rotatable bonds is 9. The van der Waals surface area contributed by atoms with Crippen LogP contribution in [0.15, 0.2) is 9.89 Å². The normalized spacial score (nSPS) is 16.2. The first-order valence-electron chi connectivity index (χ1n) is 10.5. The summed E-state index contributed by atoms with van der Waals surface area (Å²) in [5.41, 5.74) is 8.27. The molecule has 2 rings (SSSR count). The Bertz CT molecular complexity index is 1060. The minimum absolute atomic E-state index is 0.0437. The Morgan fingerprint density at radius 3 is 2.41 bits per heavy atom. The number of nitrogens with zero attached hydrogens (tertiary/aromatic N) is 1. The van der Waals surface area contributed by atoms with Crippen molar-refractivity contribution in [1.82, 2.24) is 4.72 Å². The summed E-state index contributed by atoms with van der Waals surface area (Å²) in [6, 6.07) is 0. The van der Waals surface area contributed by atoms with Crippen molar-refractivity contribution in [1.29, 1.82) is 0 Å². The predicted octanol–water partition coefficient (Wildman–Crippen LogP) is 2.38. The van der Waals surface area contributed by atoms with Gasteiger partial charge in [-0.05, 0) is 71.1 Å². The highest BCUT2D eigenvalue weighted by molar-refractivity contribution is 7.90. The fraction of sp³-hybridized carbons (Fsp3) is 0.591. The molecule has 0 radical (unpaired) electrons. The smallest absolute Gasteiger partial charge is 0.306 e. The minimum Gasteiger partial charge on any atom is -0.487 e. The van der Waals surface area contributed by atoms with Crippen LogP contribution in [0, 0.1) is 26.7 Å². The summed E-state index contributed by atoms with van der Waals surface area (Å²) in [6.07, 6.45) is 1.16. The molecule has 0 saturated heterocycles. The second-order valence-corrected chi connectivity index (χ2v) is 10.6. The lowest BCUT2D eigenvalue weighted by molar-refractivity contribution is -0.143. The van der Waals surface area contributed by atoms with Crippen LogP contribution in [0.1, 0.15) is 62.3 Å². The number of ketones is 1. The predicted molar refractivity (Wildman–Crippen MR) is 122 cm³/mol. The zero-order chi connectivity index (χ0) is 24.4. The Morgan fingerprint density at radius 1 is 1.22 bits per heavy atom. The SMILES string of the molecule is CC(=O)C[C@@H](CCCN=C(N)NS(=O)(=O)c1c(C)c(C)c2c(c1C)CC(C)(C)O2)C(=O)O. The van der Waals surface area contributed by atoms with Crippen LogP contribution in [0.4, 0.5) is 0 Å². The van der Waals surface area contributed by atoms with Crippen molar-refractivity contribution in [2.75, 3.05) is 6.54 Å². The molecular formula is C22H33N3O6S. The van der Waals surface area contributed by atoms with Crippen LogP contribution in [0.3, 0.4) is 0 Å². The number of carbonyl (C=O) groups excluding carboxylic acids is 1. The topological polar surface area (TPSA) is 148 Å². The Hall–Kier alpha value is -2.62. The summed E-state index contributed by atoms with van der Waals surface area (Å²) in [5, 5.41) is 9.17. The third-order valence-corrected chi connectivity index (χ3v) is 7.30. The van der Waals surface area contributed by atoms with E-state index in [0.717, 1.165) is 16.9 Å². The average molecular weight is 468 g/mol. The van der Waals surface area contributed by atoms with E-state index in [1.54, 1.807) is 13.8 Å². The van der Waals surface area contributed by atoms with Crippen molar-refractivity contribution in [3.8, 4) is 5.75 Å². The summed E-state index contributed by atoms with van der Waals surface area (Å²) in [6.45, 7) is 10.7. The molecule has 32 heavy (non-hydrogen) atoms. The standard InChI is InChI=1S/C22H33N3O6S/c1-12(26)10-16(20(27)28)8-7-9-24-21(23)25-32(29,30)19-14(3)13(2)18-17(15(19)4)11-22(5,6)31-18/h16H,7-11H2,1-6H3,(H,27,28)(H3,23,24,25)/t16-/m1/s1. The molecule has 1 aromatic rings. The minimum atomic E-state index is -3.99. The van der Waals surface area contributed by atoms with Gasteiger partial charge in [0.1, 0.15) is 17.1 Å². The molecule has 1 atom stereocenters. The number of nitrogens with one attached hydrogen (secondary N) is 1. The van der Waals surface area contributed by atoms with E-state index in [4.69, 9.17) is 15.6 Å². The first-order chi connectivity index (χ1) is 14.7. The van der Waals surface area contributed by atoms with Crippen molar-refractivity contribution in [3.05, 3.63) is 22.3 Å². The number of benzene rings is 1. The fourth-order valence-electron chi connectivity index (χ4n) is 4.07. The summed E-state index contributed by atoms with van der Waals surface area (Å²) in [5.74, 6) is -1.55. The van der Waals surface area contributed by atoms with Crippen LogP contribution in [-0.2, 0) is 26.0 Å². The van der Waals surface area contributed by atoms with E-state index in [-0.39, 0.29) is 36.0 Å². The summed E-state index contributed by atoms with van der Waals surface area (Å²) in [7, 11) is -3.99. The van der Waals surface area contributed by atoms with Crippen LogP contribution in [0.2, 0.25) is 0 Å². The molecule has 10 heteroatoms. The molecule has 0 aliphatic carbocycles. The molecule has 178 valence electrons. The van der Waals surface area contributed by atoms with Gasteiger partial charge >= 0.3 is 5.97 Å². The Balaban J connectivity index is 2.16. The van der Waals surface area contributed by atoms with Crippen molar-refractivity contribution in [3.63, 3.8) is 0 Å². The van der Waals surface area contributed by atoms with Crippen molar-refractivity contribution < 1.29 is 27.9 Å². The number of aliphatic carboxylic acids is 1. The van der Waals surface area contributed by atoms with Gasteiger partial charge in [-0.3, -0.25) is 9.79 Å². The van der Waals surface area contributed by atoms with Gasteiger partial charge in [-0.2, -0.15) is 0 Å². The molecule has 0 fully saturated rings. The van der Waals surface area contributed by atoms with Crippen molar-refractivity contribution >= 4 is 27.7 Å². The zero-order valence-corrected chi connectivity index (χ0v) is 20.4. The van der Waals surface area contributed by atoms with Crippen LogP contribution in [-0.4, -0.2) is 43.4 Å². The van der Waals surface area contributed by atoms with Gasteiger partial charge < -0.3 is 20.4 Å². The van der Waals surface area contributed by atoms with E-state index in [9.17, 15) is 18.0 Å². The molecule has 1 aliphatic heterocycles. The first kappa shape index (κ1) is 25.6. The van der Waals surface area contributed by atoms with Crippen LogP contribution in [0.5, 0.6) is 5.75 Å². The van der Waals surface area contributed by atoms with Gasteiger partial charge in [0.15, 0.2) is 0 Å². The maximum Gasteiger partial charge on any atom is 0.306 e. The van der Waals surface area contributed by atoms with Gasteiger partial charge in [0.25, 0.3) is 10.0 Å². The number of fused-ring (bicyclic) bond motifs is 1. The molecule has 4 N–H and O–H groups in total. The van der Waals surface area contributed by atoms with Gasteiger partial charge in [0.2, 0.25) is 5.96 Å². The van der Waals surface area contributed by atoms with Crippen molar-refractivity contribution in [2.45, 2.75) is 77.7 Å². The number of sulfonamides is 1. The van der Waals surface area contributed by atoms with E-state index in [1.807, 2.05) is 20.8 Å². The Kier molecular flexibility index (Phi) is 7.59. The number of Topliss-reactive ketones (excluding diaryl/α,β-unsaturated/α-hetero) is 1. The van der Waals surface area contributed by atoms with Crippen molar-refractivity contribution in [2.24, 2.45) is 16.6 Å². The highest BCUT2D eigenvalue weighted by Gasteiger charge is 2.36. The van der Waals surface area contributed by atoms with E-state index < -0.39 is 27.5 Å². The molecule has 0 aromatic heterocycles. The van der Waals surface area contributed by atoms with E-state index >= 15 is 0 Å². The fourth-order valence-corrected chi connectivity index (χ4v) is 5.59. The number of aliphatic imine (C=N–C) groups is 1. The number of carboxylic acid groups (broad SMARTS) is 1. The van der Waals surface area contributed by atoms with Gasteiger partial charge in [-0.25, -0.2) is 13.1 Å².